The van der Waals surface area contributed by atoms with Crippen molar-refractivity contribution in [2.75, 3.05) is 0 Å². The summed E-state index contributed by atoms with van der Waals surface area (Å²) in [6.07, 6.45) is 6.15. The van der Waals surface area contributed by atoms with Crippen LogP contribution in [0.4, 0.5) is 4.39 Å². The third kappa shape index (κ3) is 6.72. The van der Waals surface area contributed by atoms with E-state index >= 15 is 0 Å². The molecule has 0 saturated carbocycles. The first kappa shape index (κ1) is 18.9. The number of unbranched alkanes of at least 4 members (excludes halogenated alkanes) is 2. The van der Waals surface area contributed by atoms with E-state index in [1.807, 2.05) is 32.0 Å². The SMILES string of the molecule is CC(C)CCc1cccc(CCCCCC(=O)C(C)C)c1F. The molecule has 0 aliphatic heterocycles. The van der Waals surface area contributed by atoms with E-state index in [1.165, 1.54) is 0 Å². The van der Waals surface area contributed by atoms with E-state index in [-0.39, 0.29) is 11.7 Å². The third-order valence-corrected chi connectivity index (χ3v) is 4.16. The zero-order valence-electron chi connectivity index (χ0n) is 14.6. The van der Waals surface area contributed by atoms with Crippen LogP contribution in [-0.2, 0) is 17.6 Å². The molecule has 0 unspecified atom stereocenters. The molecule has 0 fully saturated rings. The van der Waals surface area contributed by atoms with Crippen LogP contribution in [-0.4, -0.2) is 5.78 Å². The van der Waals surface area contributed by atoms with Gasteiger partial charge in [-0.2, -0.15) is 0 Å². The maximum atomic E-state index is 14.4. The highest BCUT2D eigenvalue weighted by Gasteiger charge is 2.09. The number of carbonyl (C=O) groups is 1. The number of halogens is 1. The lowest BCUT2D eigenvalue weighted by atomic mass is 9.97. The van der Waals surface area contributed by atoms with E-state index in [4.69, 9.17) is 0 Å². The summed E-state index contributed by atoms with van der Waals surface area (Å²) >= 11 is 0. The highest BCUT2D eigenvalue weighted by molar-refractivity contribution is 5.80. The second-order valence-corrected chi connectivity index (χ2v) is 7.00. The summed E-state index contributed by atoms with van der Waals surface area (Å²) in [6.45, 7) is 8.22. The zero-order valence-corrected chi connectivity index (χ0v) is 14.6. The number of rotatable bonds is 10. The van der Waals surface area contributed by atoms with Crippen molar-refractivity contribution in [1.29, 1.82) is 0 Å². The monoisotopic (exact) mass is 306 g/mol. The lowest BCUT2D eigenvalue weighted by molar-refractivity contribution is -0.122. The Bertz CT molecular complexity index is 463. The van der Waals surface area contributed by atoms with Crippen molar-refractivity contribution in [2.24, 2.45) is 11.8 Å². The molecule has 22 heavy (non-hydrogen) atoms. The Labute approximate surface area is 135 Å². The number of benzene rings is 1. The van der Waals surface area contributed by atoms with Gasteiger partial charge in [0.05, 0.1) is 0 Å². The minimum Gasteiger partial charge on any atom is -0.299 e. The summed E-state index contributed by atoms with van der Waals surface area (Å²) in [6, 6.07) is 5.77. The van der Waals surface area contributed by atoms with Crippen LogP contribution in [0.5, 0.6) is 0 Å². The van der Waals surface area contributed by atoms with Crippen LogP contribution in [0.25, 0.3) is 0 Å². The van der Waals surface area contributed by atoms with Crippen molar-refractivity contribution >= 4 is 5.78 Å². The Balaban J connectivity index is 2.39. The summed E-state index contributed by atoms with van der Waals surface area (Å²) in [5.41, 5.74) is 1.68. The van der Waals surface area contributed by atoms with E-state index in [0.717, 1.165) is 49.7 Å². The van der Waals surface area contributed by atoms with Crippen LogP contribution < -0.4 is 0 Å². The molecule has 0 spiro atoms. The minimum absolute atomic E-state index is 0.0126. The van der Waals surface area contributed by atoms with Gasteiger partial charge < -0.3 is 0 Å². The smallest absolute Gasteiger partial charge is 0.135 e. The van der Waals surface area contributed by atoms with Gasteiger partial charge in [0.15, 0.2) is 0 Å². The van der Waals surface area contributed by atoms with Gasteiger partial charge in [-0.1, -0.05) is 52.3 Å². The first-order valence-corrected chi connectivity index (χ1v) is 8.70. The third-order valence-electron chi connectivity index (χ3n) is 4.16. The van der Waals surface area contributed by atoms with Crippen LogP contribution in [0.1, 0.15) is 70.9 Å². The topological polar surface area (TPSA) is 17.1 Å². The Morgan fingerprint density at radius 1 is 1.00 bits per heavy atom. The molecule has 1 rings (SSSR count). The average Bonchev–Trinajstić information content (AvgIpc) is 2.46. The molecule has 0 aliphatic carbocycles. The Hall–Kier alpha value is -1.18. The van der Waals surface area contributed by atoms with E-state index < -0.39 is 0 Å². The van der Waals surface area contributed by atoms with Crippen LogP contribution in [0.3, 0.4) is 0 Å². The number of hydrogen-bond acceptors (Lipinski definition) is 1. The summed E-state index contributed by atoms with van der Waals surface area (Å²) in [5, 5.41) is 0. The van der Waals surface area contributed by atoms with Crippen LogP contribution in [0, 0.1) is 17.7 Å². The van der Waals surface area contributed by atoms with Crippen molar-refractivity contribution in [2.45, 2.75) is 72.6 Å². The quantitative estimate of drug-likeness (QED) is 0.504. The lowest BCUT2D eigenvalue weighted by Crippen LogP contribution is -2.06. The minimum atomic E-state index is -0.0126. The fraction of sp³-hybridized carbons (Fsp3) is 0.650. The molecule has 0 radical (unpaired) electrons. The van der Waals surface area contributed by atoms with E-state index in [1.54, 1.807) is 0 Å². The molecule has 0 aliphatic rings. The van der Waals surface area contributed by atoms with Crippen molar-refractivity contribution in [1.82, 2.24) is 0 Å². The van der Waals surface area contributed by atoms with Gasteiger partial charge in [-0.3, -0.25) is 4.79 Å². The van der Waals surface area contributed by atoms with Gasteiger partial charge in [0.2, 0.25) is 0 Å². The Morgan fingerprint density at radius 3 is 2.23 bits per heavy atom. The molecule has 1 nitrogen and oxygen atoms in total. The van der Waals surface area contributed by atoms with Gasteiger partial charge in [-0.15, -0.1) is 0 Å². The lowest BCUT2D eigenvalue weighted by Gasteiger charge is -2.10. The van der Waals surface area contributed by atoms with Crippen LogP contribution >= 0.6 is 0 Å². The van der Waals surface area contributed by atoms with Crippen LogP contribution in [0.15, 0.2) is 18.2 Å². The molecule has 0 amide bonds. The first-order chi connectivity index (χ1) is 10.4. The second kappa shape index (κ2) is 9.76. The fourth-order valence-corrected chi connectivity index (χ4v) is 2.54. The molecular weight excluding hydrogens is 275 g/mol. The highest BCUT2D eigenvalue weighted by Crippen LogP contribution is 2.19. The summed E-state index contributed by atoms with van der Waals surface area (Å²) in [5.74, 6) is 1.06. The van der Waals surface area contributed by atoms with E-state index in [2.05, 4.69) is 13.8 Å². The van der Waals surface area contributed by atoms with Gasteiger partial charge in [-0.05, 0) is 49.1 Å². The van der Waals surface area contributed by atoms with Crippen molar-refractivity contribution in [3.63, 3.8) is 0 Å². The molecule has 1 aromatic rings. The van der Waals surface area contributed by atoms with Gasteiger partial charge in [0, 0.05) is 12.3 Å². The Morgan fingerprint density at radius 2 is 1.64 bits per heavy atom. The summed E-state index contributed by atoms with van der Waals surface area (Å²) in [7, 11) is 0. The molecule has 124 valence electrons. The molecule has 1 aromatic carbocycles. The van der Waals surface area contributed by atoms with E-state index in [9.17, 15) is 9.18 Å². The number of carbonyl (C=O) groups excluding carboxylic acids is 1. The number of Topliss-reactive ketones (excluding diaryl/α,β-unsaturated/α-hetero) is 1. The summed E-state index contributed by atoms with van der Waals surface area (Å²) in [4.78, 5) is 11.5. The molecule has 0 atom stereocenters. The zero-order chi connectivity index (χ0) is 16.5. The molecule has 0 heterocycles. The molecule has 0 aromatic heterocycles. The second-order valence-electron chi connectivity index (χ2n) is 7.00. The standard InChI is InChI=1S/C20H31FO/c1-15(2)13-14-18-11-8-10-17(20(18)21)9-6-5-7-12-19(22)16(3)4/h8,10-11,15-16H,5-7,9,12-14H2,1-4H3. The molecule has 0 saturated heterocycles. The van der Waals surface area contributed by atoms with Gasteiger partial charge >= 0.3 is 0 Å². The molecule has 2 heteroatoms. The number of hydrogen-bond donors (Lipinski definition) is 0. The van der Waals surface area contributed by atoms with Crippen molar-refractivity contribution in [3.8, 4) is 0 Å². The normalized spacial score (nSPS) is 11.4. The largest absolute Gasteiger partial charge is 0.299 e. The number of ketones is 1. The molecule has 0 bridgehead atoms. The number of aryl methyl sites for hydroxylation is 2. The molecular formula is C20H31FO. The average molecular weight is 306 g/mol. The van der Waals surface area contributed by atoms with Gasteiger partial charge in [0.25, 0.3) is 0 Å². The summed E-state index contributed by atoms with van der Waals surface area (Å²) < 4.78 is 14.4. The Kier molecular flexibility index (Phi) is 8.37. The fourth-order valence-electron chi connectivity index (χ4n) is 2.54. The first-order valence-electron chi connectivity index (χ1n) is 8.70. The van der Waals surface area contributed by atoms with Crippen molar-refractivity contribution in [3.05, 3.63) is 35.1 Å². The van der Waals surface area contributed by atoms with Gasteiger partial charge in [0.1, 0.15) is 11.6 Å². The molecule has 0 N–H and O–H groups in total. The highest BCUT2D eigenvalue weighted by atomic mass is 19.1. The van der Waals surface area contributed by atoms with Crippen molar-refractivity contribution < 1.29 is 9.18 Å². The predicted octanol–water partition coefficient (Wildman–Crippen LogP) is 5.74. The van der Waals surface area contributed by atoms with Crippen LogP contribution in [0.2, 0.25) is 0 Å². The van der Waals surface area contributed by atoms with Gasteiger partial charge in [-0.25, -0.2) is 4.39 Å². The van der Waals surface area contributed by atoms with E-state index in [0.29, 0.717) is 18.1 Å². The maximum Gasteiger partial charge on any atom is 0.135 e. The maximum absolute atomic E-state index is 14.4. The predicted molar refractivity (Wildman–Crippen MR) is 91.6 cm³/mol.